The number of aromatic nitrogens is 4. The number of imidazole rings is 1. The summed E-state index contributed by atoms with van der Waals surface area (Å²) in [6.45, 7) is 22.9. The maximum Gasteiger partial charge on any atom is 0.121 e. The third-order valence-corrected chi connectivity index (χ3v) is 15.2. The minimum Gasteiger partial charge on any atom is -0.501 e. The van der Waals surface area contributed by atoms with E-state index in [1.807, 2.05) is 42.6 Å². The first-order valence-electron chi connectivity index (χ1n) is 23.9. The number of hydrogen-bond acceptors (Lipinski definition) is 4. The van der Waals surface area contributed by atoms with E-state index in [1.165, 1.54) is 54.7 Å². The molecule has 11 rings (SSSR count). The molecule has 0 fully saturated rings. The summed E-state index contributed by atoms with van der Waals surface area (Å²) in [4.78, 5) is 14.2. The van der Waals surface area contributed by atoms with E-state index in [4.69, 9.17) is 9.40 Å². The normalized spacial score (nSPS) is 12.1. The van der Waals surface area contributed by atoms with Gasteiger partial charge in [-0.05, 0) is 98.1 Å². The van der Waals surface area contributed by atoms with Gasteiger partial charge in [-0.15, -0.1) is 54.1 Å². The van der Waals surface area contributed by atoms with Crippen molar-refractivity contribution in [2.24, 2.45) is 0 Å². The van der Waals surface area contributed by atoms with Gasteiger partial charge >= 0.3 is 0 Å². The minimum atomic E-state index is -1.62. The van der Waals surface area contributed by atoms with Gasteiger partial charge in [0, 0.05) is 48.5 Å². The van der Waals surface area contributed by atoms with Crippen molar-refractivity contribution in [1.29, 1.82) is 0 Å². The molecule has 8 aromatic carbocycles. The number of para-hydroxylation sites is 2. The number of hydrogen-bond donors (Lipinski definition) is 0. The first-order chi connectivity index (χ1) is 32.7. The van der Waals surface area contributed by atoms with Crippen LogP contribution in [0.15, 0.2) is 162 Å². The Bertz CT molecular complexity index is 3620. The predicted octanol–water partition coefficient (Wildman–Crippen LogP) is 16.4. The maximum absolute atomic E-state index is 6.97. The molecular weight excluding hydrogens is 1040 g/mol. The SMILES string of the molecule is CC(C)(C)c1ccnc(-c2[c-]cccc2)n1.CC(C)c1cc(-c2ccccc2)cc(C(C)C)c1-n1c(-c2[c-]ccc3c2oc2cc4c(ccc5cccc([Si](C)(C)C)c54)cc23)nc2ccccc21.[Ir]. The van der Waals surface area contributed by atoms with Crippen molar-refractivity contribution in [3.63, 3.8) is 0 Å². The first-order valence-corrected chi connectivity index (χ1v) is 27.4. The molecule has 0 N–H and O–H groups in total. The van der Waals surface area contributed by atoms with E-state index in [9.17, 15) is 0 Å². The Kier molecular flexibility index (Phi) is 12.9. The van der Waals surface area contributed by atoms with Crippen LogP contribution in [0.1, 0.15) is 77.1 Å². The van der Waals surface area contributed by atoms with Crippen molar-refractivity contribution in [3.05, 3.63) is 187 Å². The second-order valence-corrected chi connectivity index (χ2v) is 25.8. The van der Waals surface area contributed by atoms with Gasteiger partial charge in [-0.1, -0.05) is 157 Å². The Morgan fingerprint density at radius 1 is 0.623 bits per heavy atom. The van der Waals surface area contributed by atoms with Crippen molar-refractivity contribution in [1.82, 2.24) is 19.5 Å². The smallest absolute Gasteiger partial charge is 0.121 e. The van der Waals surface area contributed by atoms with Gasteiger partial charge in [0.15, 0.2) is 0 Å². The molecule has 5 nitrogen and oxygen atoms in total. The fraction of sp³-hybridized carbons (Fsp3) is 0.210. The number of nitrogens with zero attached hydrogens (tertiary/aromatic N) is 4. The van der Waals surface area contributed by atoms with Crippen LogP contribution < -0.4 is 5.19 Å². The molecule has 11 aromatic rings. The van der Waals surface area contributed by atoms with Crippen LogP contribution in [-0.4, -0.2) is 27.6 Å². The second kappa shape index (κ2) is 18.8. The van der Waals surface area contributed by atoms with Crippen molar-refractivity contribution >= 4 is 67.8 Å². The summed E-state index contributed by atoms with van der Waals surface area (Å²) in [5, 5.41) is 8.80. The molecule has 0 unspecified atom stereocenters. The second-order valence-electron chi connectivity index (χ2n) is 20.7. The topological polar surface area (TPSA) is 56.7 Å². The first kappa shape index (κ1) is 47.6. The van der Waals surface area contributed by atoms with Crippen LogP contribution in [0.25, 0.3) is 94.1 Å². The summed E-state index contributed by atoms with van der Waals surface area (Å²) in [6, 6.07) is 60.6. The Morgan fingerprint density at radius 2 is 1.33 bits per heavy atom. The Morgan fingerprint density at radius 3 is 2.03 bits per heavy atom. The summed E-state index contributed by atoms with van der Waals surface area (Å²) in [6.07, 6.45) is 1.81. The number of fused-ring (bicyclic) bond motifs is 7. The summed E-state index contributed by atoms with van der Waals surface area (Å²) in [7, 11) is -1.62. The Hall–Kier alpha value is -6.50. The molecule has 0 bridgehead atoms. The molecule has 347 valence electrons. The molecule has 7 heteroatoms. The molecule has 1 radical (unpaired) electrons. The van der Waals surface area contributed by atoms with Crippen molar-refractivity contribution < 1.29 is 24.5 Å². The largest absolute Gasteiger partial charge is 0.501 e. The fourth-order valence-corrected chi connectivity index (χ4v) is 11.2. The number of rotatable bonds is 7. The van der Waals surface area contributed by atoms with Gasteiger partial charge in [-0.2, -0.15) is 0 Å². The van der Waals surface area contributed by atoms with E-state index in [-0.39, 0.29) is 37.4 Å². The van der Waals surface area contributed by atoms with E-state index in [2.05, 4.69) is 210 Å². The molecule has 0 amide bonds. The van der Waals surface area contributed by atoms with Crippen LogP contribution in [-0.2, 0) is 25.5 Å². The third kappa shape index (κ3) is 9.00. The summed E-state index contributed by atoms with van der Waals surface area (Å²) in [5.74, 6) is 2.14. The van der Waals surface area contributed by atoms with Gasteiger partial charge in [0.1, 0.15) is 5.58 Å². The molecule has 0 aliphatic rings. The average Bonchev–Trinajstić information content (AvgIpc) is 3.91. The zero-order chi connectivity index (χ0) is 47.5. The number of benzene rings is 8. The van der Waals surface area contributed by atoms with Gasteiger partial charge in [0.05, 0.1) is 36.3 Å². The summed E-state index contributed by atoms with van der Waals surface area (Å²) in [5.41, 5.74) is 12.9. The van der Waals surface area contributed by atoms with Crippen LogP contribution in [0, 0.1) is 12.1 Å². The maximum atomic E-state index is 6.97. The molecule has 69 heavy (non-hydrogen) atoms. The molecule has 0 aliphatic carbocycles. The molecular formula is C62H58IrN4OSi-2. The van der Waals surface area contributed by atoms with Crippen molar-refractivity contribution in [2.45, 2.75) is 85.4 Å². The fourth-order valence-electron chi connectivity index (χ4n) is 9.61. The van der Waals surface area contributed by atoms with Crippen LogP contribution >= 0.6 is 0 Å². The average molecular weight is 1100 g/mol. The minimum absolute atomic E-state index is 0. The van der Waals surface area contributed by atoms with Gasteiger partial charge < -0.3 is 8.98 Å². The van der Waals surface area contributed by atoms with Crippen LogP contribution in [0.4, 0.5) is 0 Å². The predicted molar refractivity (Wildman–Crippen MR) is 289 cm³/mol. The third-order valence-electron chi connectivity index (χ3n) is 13.1. The van der Waals surface area contributed by atoms with E-state index in [0.29, 0.717) is 0 Å². The van der Waals surface area contributed by atoms with Gasteiger partial charge in [0.2, 0.25) is 0 Å². The summed E-state index contributed by atoms with van der Waals surface area (Å²) < 4.78 is 9.35. The van der Waals surface area contributed by atoms with Gasteiger partial charge in [-0.25, -0.2) is 0 Å². The van der Waals surface area contributed by atoms with E-state index >= 15 is 0 Å². The van der Waals surface area contributed by atoms with E-state index < -0.39 is 8.07 Å². The summed E-state index contributed by atoms with van der Waals surface area (Å²) >= 11 is 0. The monoisotopic (exact) mass is 1100 g/mol. The van der Waals surface area contributed by atoms with Gasteiger partial charge in [-0.3, -0.25) is 15.0 Å². The van der Waals surface area contributed by atoms with Crippen molar-refractivity contribution in [3.8, 4) is 39.6 Å². The van der Waals surface area contributed by atoms with Crippen LogP contribution in [0.3, 0.4) is 0 Å². The Balaban J connectivity index is 0.000000296. The Labute approximate surface area is 421 Å². The standard InChI is InChI=1S/C48H43N2OSi.C14H15N2.Ir/c1-29(2)37-26-34(31-15-9-8-10-16-31)27-38(30(3)4)46(37)50-42-21-12-11-20-41(42)49-48(50)36-19-14-18-35-40-25-33-24-23-32-17-13-22-44(52(5,6)7)45(32)39(33)28-43(40)51-47(35)36;1-14(2,3)12-9-10-15-13(16-12)11-7-5-4-6-8-11;/h8-18,20-30H,1-7H3;4-7,9-10H,1-3H3;/q2*-1;. The van der Waals surface area contributed by atoms with Crippen LogP contribution in [0.5, 0.6) is 0 Å². The van der Waals surface area contributed by atoms with E-state index in [0.717, 1.165) is 61.4 Å². The van der Waals surface area contributed by atoms with E-state index in [1.54, 1.807) is 0 Å². The number of furan rings is 1. The molecule has 0 saturated heterocycles. The zero-order valence-corrected chi connectivity index (χ0v) is 44.6. The molecule has 0 saturated carbocycles. The molecule has 3 heterocycles. The zero-order valence-electron chi connectivity index (χ0n) is 41.2. The molecule has 0 atom stereocenters. The van der Waals surface area contributed by atoms with Crippen molar-refractivity contribution in [2.75, 3.05) is 0 Å². The van der Waals surface area contributed by atoms with Gasteiger partial charge in [0.25, 0.3) is 0 Å². The molecule has 0 aliphatic heterocycles. The molecule has 0 spiro atoms. The molecule has 3 aromatic heterocycles. The van der Waals surface area contributed by atoms with Crippen LogP contribution in [0.2, 0.25) is 19.6 Å². The quantitative estimate of drug-likeness (QED) is 0.0907.